The van der Waals surface area contributed by atoms with E-state index in [0.29, 0.717) is 5.75 Å². The first-order valence-electron chi connectivity index (χ1n) is 6.66. The van der Waals surface area contributed by atoms with Gasteiger partial charge in [0.2, 0.25) is 0 Å². The molecule has 19 heavy (non-hydrogen) atoms. The van der Waals surface area contributed by atoms with E-state index >= 15 is 0 Å². The van der Waals surface area contributed by atoms with Crippen molar-refractivity contribution >= 4 is 17.1 Å². The number of allylic oxidation sites excluding steroid dienone is 1. The van der Waals surface area contributed by atoms with Crippen LogP contribution in [-0.2, 0) is 15.6 Å². The lowest BCUT2D eigenvalue weighted by molar-refractivity contribution is -0.105. The average molecular weight is 276 g/mol. The maximum Gasteiger partial charge on any atom is 0.146 e. The highest BCUT2D eigenvalue weighted by atomic mass is 32.2. The van der Waals surface area contributed by atoms with E-state index in [1.54, 1.807) is 0 Å². The van der Waals surface area contributed by atoms with E-state index < -0.39 is 10.8 Å². The van der Waals surface area contributed by atoms with Gasteiger partial charge in [0.25, 0.3) is 0 Å². The van der Waals surface area contributed by atoms with Crippen LogP contribution in [0.25, 0.3) is 0 Å². The van der Waals surface area contributed by atoms with Gasteiger partial charge < -0.3 is 0 Å². The van der Waals surface area contributed by atoms with Crippen LogP contribution in [0.5, 0.6) is 0 Å². The summed E-state index contributed by atoms with van der Waals surface area (Å²) in [4.78, 5) is 12.1. The molecule has 0 unspecified atom stereocenters. The van der Waals surface area contributed by atoms with Crippen LogP contribution in [0.3, 0.4) is 0 Å². The molecule has 1 aliphatic carbocycles. The molecule has 0 fully saturated rings. The fourth-order valence-electron chi connectivity index (χ4n) is 2.66. The molecular weight excluding hydrogens is 256 g/mol. The first kappa shape index (κ1) is 14.2. The minimum absolute atomic E-state index is 0.0149. The van der Waals surface area contributed by atoms with Crippen molar-refractivity contribution in [1.29, 1.82) is 0 Å². The third kappa shape index (κ3) is 3.21. The van der Waals surface area contributed by atoms with Crippen molar-refractivity contribution in [1.82, 2.24) is 0 Å². The molecule has 0 aromatic heterocycles. The second-order valence-corrected chi connectivity index (χ2v) is 7.11. The Morgan fingerprint density at radius 1 is 1.26 bits per heavy atom. The van der Waals surface area contributed by atoms with Gasteiger partial charge in [-0.05, 0) is 48.0 Å². The maximum atomic E-state index is 12.4. The number of rotatable bonds is 4. The van der Waals surface area contributed by atoms with E-state index in [2.05, 4.69) is 13.8 Å². The number of aldehydes is 1. The fourth-order valence-corrected chi connectivity index (χ4v) is 4.13. The molecule has 0 radical (unpaired) electrons. The summed E-state index contributed by atoms with van der Waals surface area (Å²) in [5.41, 5.74) is 1.93. The quantitative estimate of drug-likeness (QED) is 0.789. The molecular formula is C16H20O2S. The van der Waals surface area contributed by atoms with Crippen LogP contribution in [0.4, 0.5) is 0 Å². The van der Waals surface area contributed by atoms with Crippen LogP contribution in [0, 0.1) is 5.41 Å². The predicted molar refractivity (Wildman–Crippen MR) is 78.4 cm³/mol. The van der Waals surface area contributed by atoms with Gasteiger partial charge in [-0.25, -0.2) is 0 Å². The van der Waals surface area contributed by atoms with Crippen molar-refractivity contribution < 1.29 is 9.00 Å². The van der Waals surface area contributed by atoms with Gasteiger partial charge in [0, 0.05) is 4.90 Å². The molecule has 102 valence electrons. The van der Waals surface area contributed by atoms with Crippen LogP contribution >= 0.6 is 0 Å². The molecule has 0 bridgehead atoms. The van der Waals surface area contributed by atoms with Gasteiger partial charge in [0.15, 0.2) is 0 Å². The number of hydrogen-bond acceptors (Lipinski definition) is 2. The average Bonchev–Trinajstić information content (AvgIpc) is 2.41. The molecule has 1 aromatic rings. The fraction of sp³-hybridized carbons (Fsp3) is 0.438. The molecule has 0 aliphatic heterocycles. The summed E-state index contributed by atoms with van der Waals surface area (Å²) in [5, 5.41) is 0. The summed E-state index contributed by atoms with van der Waals surface area (Å²) in [6.45, 7) is 4.29. The Labute approximate surface area is 117 Å². The van der Waals surface area contributed by atoms with Gasteiger partial charge in [-0.3, -0.25) is 9.00 Å². The highest BCUT2D eigenvalue weighted by molar-refractivity contribution is 7.85. The monoisotopic (exact) mass is 276 g/mol. The van der Waals surface area contributed by atoms with Crippen molar-refractivity contribution in [3.05, 3.63) is 41.5 Å². The van der Waals surface area contributed by atoms with Gasteiger partial charge in [-0.1, -0.05) is 32.0 Å². The van der Waals surface area contributed by atoms with Crippen molar-refractivity contribution in [2.75, 3.05) is 5.75 Å². The molecule has 0 heterocycles. The summed E-state index contributed by atoms with van der Waals surface area (Å²) in [6.07, 6.45) is 3.89. The summed E-state index contributed by atoms with van der Waals surface area (Å²) >= 11 is 0. The zero-order chi connectivity index (χ0) is 13.9. The number of carbonyl (C=O) groups excluding carboxylic acids is 1. The molecule has 2 nitrogen and oxygen atoms in total. The van der Waals surface area contributed by atoms with E-state index in [9.17, 15) is 9.00 Å². The second-order valence-electron chi connectivity index (χ2n) is 5.66. The Morgan fingerprint density at radius 2 is 1.95 bits per heavy atom. The van der Waals surface area contributed by atoms with Crippen LogP contribution < -0.4 is 0 Å². The highest BCUT2D eigenvalue weighted by Gasteiger charge is 2.30. The Morgan fingerprint density at radius 3 is 2.58 bits per heavy atom. The minimum atomic E-state index is -1.07. The largest absolute Gasteiger partial charge is 0.298 e. The molecule has 0 spiro atoms. The van der Waals surface area contributed by atoms with E-state index in [1.807, 2.05) is 30.3 Å². The molecule has 2 rings (SSSR count). The van der Waals surface area contributed by atoms with Gasteiger partial charge >= 0.3 is 0 Å². The molecule has 1 aliphatic rings. The van der Waals surface area contributed by atoms with E-state index in [-0.39, 0.29) is 5.41 Å². The number of carbonyl (C=O) groups is 1. The predicted octanol–water partition coefficient (Wildman–Crippen LogP) is 3.50. The molecule has 1 aromatic carbocycles. The van der Waals surface area contributed by atoms with Crippen LogP contribution in [0.2, 0.25) is 0 Å². The Kier molecular flexibility index (Phi) is 4.35. The standard InChI is InChI=1S/C16H20O2S/c1-16(2)10-6-7-13(11-17)15(16)12-19(18)14-8-4-3-5-9-14/h3-5,8-9,11H,6-7,10,12H2,1-2H3/t19-/m1/s1. The van der Waals surface area contributed by atoms with Gasteiger partial charge in [-0.2, -0.15) is 0 Å². The van der Waals surface area contributed by atoms with Crippen LogP contribution in [0.15, 0.2) is 46.4 Å². The van der Waals surface area contributed by atoms with Crippen molar-refractivity contribution in [3.63, 3.8) is 0 Å². The summed E-state index contributed by atoms with van der Waals surface area (Å²) in [5.74, 6) is 0.477. The van der Waals surface area contributed by atoms with Crippen molar-refractivity contribution in [3.8, 4) is 0 Å². The lowest BCUT2D eigenvalue weighted by atomic mass is 9.73. The summed E-state index contributed by atoms with van der Waals surface area (Å²) in [7, 11) is -1.07. The Bertz CT molecular complexity index is 515. The molecule has 3 heteroatoms. The highest BCUT2D eigenvalue weighted by Crippen LogP contribution is 2.40. The SMILES string of the molecule is CC1(C)CCCC(C=O)=C1C[S@@](=O)c1ccccc1. The van der Waals surface area contributed by atoms with E-state index in [4.69, 9.17) is 0 Å². The summed E-state index contributed by atoms with van der Waals surface area (Å²) < 4.78 is 12.4. The molecule has 0 saturated heterocycles. The van der Waals surface area contributed by atoms with Gasteiger partial charge in [0.1, 0.15) is 6.29 Å². The second kappa shape index (κ2) is 5.83. The van der Waals surface area contributed by atoms with Gasteiger partial charge in [0.05, 0.1) is 16.6 Å². The van der Waals surface area contributed by atoms with Crippen molar-refractivity contribution in [2.45, 2.75) is 38.0 Å². The maximum absolute atomic E-state index is 12.4. The van der Waals surface area contributed by atoms with Crippen molar-refractivity contribution in [2.24, 2.45) is 5.41 Å². The van der Waals surface area contributed by atoms with E-state index in [1.165, 1.54) is 0 Å². The smallest absolute Gasteiger partial charge is 0.146 e. The van der Waals surface area contributed by atoms with Crippen LogP contribution in [-0.4, -0.2) is 16.2 Å². The molecule has 0 saturated carbocycles. The first-order valence-corrected chi connectivity index (χ1v) is 7.97. The molecule has 1 atom stereocenters. The minimum Gasteiger partial charge on any atom is -0.298 e. The summed E-state index contributed by atoms with van der Waals surface area (Å²) in [6, 6.07) is 9.48. The Hall–Kier alpha value is -1.22. The lowest BCUT2D eigenvalue weighted by Crippen LogP contribution is -2.25. The molecule has 0 N–H and O–H groups in total. The topological polar surface area (TPSA) is 34.1 Å². The number of benzene rings is 1. The normalized spacial score (nSPS) is 20.1. The third-order valence-corrected chi connectivity index (χ3v) is 5.23. The number of hydrogen-bond donors (Lipinski definition) is 0. The van der Waals surface area contributed by atoms with Crippen LogP contribution in [0.1, 0.15) is 33.1 Å². The Balaban J connectivity index is 2.27. The zero-order valence-corrected chi connectivity index (χ0v) is 12.3. The zero-order valence-electron chi connectivity index (χ0n) is 11.5. The third-order valence-electron chi connectivity index (χ3n) is 3.88. The first-order chi connectivity index (χ1) is 9.04. The van der Waals surface area contributed by atoms with Gasteiger partial charge in [-0.15, -0.1) is 0 Å². The molecule has 0 amide bonds. The van der Waals surface area contributed by atoms with E-state index in [0.717, 1.165) is 41.6 Å². The lowest BCUT2D eigenvalue weighted by Gasteiger charge is -2.33.